The summed E-state index contributed by atoms with van der Waals surface area (Å²) < 4.78 is 49.5. The van der Waals surface area contributed by atoms with Gasteiger partial charge in [-0.05, 0) is 64.4 Å². The van der Waals surface area contributed by atoms with E-state index in [-0.39, 0.29) is 33.7 Å². The maximum absolute atomic E-state index is 14.0. The highest BCUT2D eigenvalue weighted by Crippen LogP contribution is 2.36. The lowest BCUT2D eigenvalue weighted by atomic mass is 10.2. The van der Waals surface area contributed by atoms with Crippen LogP contribution >= 0.6 is 23.1 Å². The summed E-state index contributed by atoms with van der Waals surface area (Å²) in [5.74, 6) is 1.06. The molecule has 0 saturated carbocycles. The number of likely N-dealkylation sites (N-methyl/N-ethyl adjacent to an activating group) is 1. The van der Waals surface area contributed by atoms with E-state index < -0.39 is 15.6 Å². The molecule has 0 unspecified atom stereocenters. The van der Waals surface area contributed by atoms with Crippen molar-refractivity contribution >= 4 is 50.1 Å². The maximum Gasteiger partial charge on any atom is 0.410 e. The first-order chi connectivity index (χ1) is 19.9. The second-order valence-corrected chi connectivity index (χ2v) is 13.7. The molecule has 228 valence electrons. The summed E-state index contributed by atoms with van der Waals surface area (Å²) in [7, 11) is -1.05. The number of halogens is 1. The monoisotopic (exact) mass is 637 g/mol. The van der Waals surface area contributed by atoms with Crippen LogP contribution in [-0.2, 0) is 21.3 Å². The van der Waals surface area contributed by atoms with Crippen LogP contribution in [-0.4, -0.2) is 74.3 Å². The number of anilines is 2. The molecule has 42 heavy (non-hydrogen) atoms. The number of carbonyl (C=O) groups is 1. The Balaban J connectivity index is 1.60. The Morgan fingerprint density at radius 1 is 1.17 bits per heavy atom. The van der Waals surface area contributed by atoms with Gasteiger partial charge in [0.1, 0.15) is 23.4 Å². The zero-order valence-corrected chi connectivity index (χ0v) is 26.9. The molecule has 0 aliphatic carbocycles. The summed E-state index contributed by atoms with van der Waals surface area (Å²) in [5.41, 5.74) is 0.729. The zero-order chi connectivity index (χ0) is 30.7. The molecule has 11 nitrogen and oxygen atoms in total. The molecular weight excluding hydrogens is 602 g/mol. The van der Waals surface area contributed by atoms with Gasteiger partial charge in [0.05, 0.1) is 36.4 Å². The maximum atomic E-state index is 14.0. The van der Waals surface area contributed by atoms with E-state index in [2.05, 4.69) is 14.3 Å². The van der Waals surface area contributed by atoms with Gasteiger partial charge in [-0.3, -0.25) is 0 Å². The first-order valence-corrected chi connectivity index (χ1v) is 16.0. The fraction of sp³-hybridized carbons (Fsp3) is 0.464. The van der Waals surface area contributed by atoms with E-state index in [0.29, 0.717) is 42.4 Å². The minimum Gasteiger partial charge on any atom is -0.497 e. The van der Waals surface area contributed by atoms with Gasteiger partial charge in [0.25, 0.3) is 10.0 Å². The third-order valence-corrected chi connectivity index (χ3v) is 9.62. The largest absolute Gasteiger partial charge is 0.497 e. The molecule has 0 spiro atoms. The summed E-state index contributed by atoms with van der Waals surface area (Å²) in [6.07, 6.45) is 1.70. The highest BCUT2D eigenvalue weighted by Gasteiger charge is 2.34. The van der Waals surface area contributed by atoms with Crippen molar-refractivity contribution < 1.29 is 27.4 Å². The van der Waals surface area contributed by atoms with Gasteiger partial charge in [-0.1, -0.05) is 11.6 Å². The first kappa shape index (κ1) is 31.6. The standard InChI is InChI=1S/C28H36ClN5O6S2/c1-7-33(20-12-13-32(17-20)27(35)40-28(2,3)4)24-11-10-22(15-23(24)29)42(36,37)34(26-30-18-31-41-26)16-19-8-9-21(38-5)14-25(19)39-6/h8-11,14-15,18,20H,7,12-13,16-17H2,1-6H3/t20-/m0/s1. The van der Waals surface area contributed by atoms with E-state index in [1.165, 1.54) is 23.8 Å². The molecule has 1 saturated heterocycles. The van der Waals surface area contributed by atoms with Crippen LogP contribution in [0.3, 0.4) is 0 Å². The molecule has 1 fully saturated rings. The summed E-state index contributed by atoms with van der Waals surface area (Å²) in [6.45, 7) is 9.13. The Morgan fingerprint density at radius 3 is 2.52 bits per heavy atom. The van der Waals surface area contributed by atoms with Gasteiger partial charge in [0, 0.05) is 48.8 Å². The fourth-order valence-corrected chi connectivity index (χ4v) is 7.30. The van der Waals surface area contributed by atoms with Crippen LogP contribution < -0.4 is 18.7 Å². The summed E-state index contributed by atoms with van der Waals surface area (Å²) in [5, 5.41) is 0.490. The number of likely N-dealkylation sites (tertiary alicyclic amines) is 1. The van der Waals surface area contributed by atoms with Gasteiger partial charge in [0.2, 0.25) is 5.13 Å². The zero-order valence-electron chi connectivity index (χ0n) is 24.5. The number of amides is 1. The lowest BCUT2D eigenvalue weighted by molar-refractivity contribution is 0.0292. The molecule has 0 N–H and O–H groups in total. The van der Waals surface area contributed by atoms with Crippen LogP contribution in [0.1, 0.15) is 39.7 Å². The van der Waals surface area contributed by atoms with E-state index in [1.807, 2.05) is 27.7 Å². The molecule has 1 aliphatic heterocycles. The van der Waals surface area contributed by atoms with Crippen molar-refractivity contribution in [3.05, 3.63) is 53.3 Å². The fourth-order valence-electron chi connectivity index (χ4n) is 4.79. The van der Waals surface area contributed by atoms with Crippen molar-refractivity contribution in [1.29, 1.82) is 0 Å². The lowest BCUT2D eigenvalue weighted by Crippen LogP contribution is -2.40. The molecule has 3 aromatic rings. The van der Waals surface area contributed by atoms with Crippen molar-refractivity contribution in [1.82, 2.24) is 14.3 Å². The van der Waals surface area contributed by atoms with E-state index in [1.54, 1.807) is 42.3 Å². The van der Waals surface area contributed by atoms with Crippen molar-refractivity contribution in [2.75, 3.05) is 43.1 Å². The second-order valence-electron chi connectivity index (χ2n) is 10.7. The Morgan fingerprint density at radius 2 is 1.93 bits per heavy atom. The Kier molecular flexibility index (Phi) is 9.74. The molecule has 1 aliphatic rings. The third-order valence-electron chi connectivity index (χ3n) is 6.78. The van der Waals surface area contributed by atoms with E-state index >= 15 is 0 Å². The Bertz CT molecular complexity index is 1500. The van der Waals surface area contributed by atoms with Crippen LogP contribution in [0.5, 0.6) is 11.5 Å². The predicted octanol–water partition coefficient (Wildman–Crippen LogP) is 5.44. The van der Waals surface area contributed by atoms with Gasteiger partial charge in [-0.25, -0.2) is 22.5 Å². The molecule has 0 bridgehead atoms. The predicted molar refractivity (Wildman–Crippen MR) is 164 cm³/mol. The number of hydrogen-bond acceptors (Lipinski definition) is 10. The number of methoxy groups -OCH3 is 2. The molecule has 1 aromatic heterocycles. The number of ether oxygens (including phenoxy) is 3. The normalized spacial score (nSPS) is 15.4. The van der Waals surface area contributed by atoms with Crippen LogP contribution in [0.4, 0.5) is 15.6 Å². The van der Waals surface area contributed by atoms with Crippen molar-refractivity contribution in [3.8, 4) is 11.5 Å². The van der Waals surface area contributed by atoms with Gasteiger partial charge >= 0.3 is 6.09 Å². The van der Waals surface area contributed by atoms with Crippen molar-refractivity contribution in [2.45, 2.75) is 57.2 Å². The second kappa shape index (κ2) is 12.9. The Labute approximate surface area is 256 Å². The molecular formula is C28H36ClN5O6S2. The van der Waals surface area contributed by atoms with E-state index in [9.17, 15) is 13.2 Å². The highest BCUT2D eigenvalue weighted by atomic mass is 35.5. The molecule has 2 aromatic carbocycles. The van der Waals surface area contributed by atoms with E-state index in [4.69, 9.17) is 25.8 Å². The SMILES string of the molecule is CCN(c1ccc(S(=O)(=O)N(Cc2ccc(OC)cc2OC)c2ncns2)cc1Cl)[C@H]1CCN(C(=O)OC(C)(C)C)C1. The summed E-state index contributed by atoms with van der Waals surface area (Å²) in [6, 6.07) is 9.88. The van der Waals surface area contributed by atoms with Gasteiger partial charge in [0.15, 0.2) is 0 Å². The quantitative estimate of drug-likeness (QED) is 0.287. The number of benzene rings is 2. The minimum atomic E-state index is -4.11. The molecule has 0 radical (unpaired) electrons. The molecule has 1 amide bonds. The number of sulfonamides is 1. The lowest BCUT2D eigenvalue weighted by Gasteiger charge is -2.31. The highest BCUT2D eigenvalue weighted by molar-refractivity contribution is 7.93. The van der Waals surface area contributed by atoms with E-state index in [0.717, 1.165) is 18.0 Å². The minimum absolute atomic E-state index is 0.00269. The topological polar surface area (TPSA) is 114 Å². The molecule has 14 heteroatoms. The summed E-state index contributed by atoms with van der Waals surface area (Å²) >= 11 is 7.72. The third kappa shape index (κ3) is 7.01. The summed E-state index contributed by atoms with van der Waals surface area (Å²) in [4.78, 5) is 20.6. The van der Waals surface area contributed by atoms with Gasteiger partial charge in [-0.15, -0.1) is 0 Å². The van der Waals surface area contributed by atoms with Crippen LogP contribution in [0.25, 0.3) is 0 Å². The van der Waals surface area contributed by atoms with Crippen LogP contribution in [0.2, 0.25) is 5.02 Å². The number of aromatic nitrogens is 2. The smallest absolute Gasteiger partial charge is 0.410 e. The first-order valence-electron chi connectivity index (χ1n) is 13.4. The number of rotatable bonds is 10. The Hall–Kier alpha value is -3.29. The average Bonchev–Trinajstić information content (AvgIpc) is 3.65. The number of carbonyl (C=O) groups excluding carboxylic acids is 1. The average molecular weight is 638 g/mol. The molecule has 1 atom stereocenters. The van der Waals surface area contributed by atoms with Gasteiger partial charge < -0.3 is 24.0 Å². The van der Waals surface area contributed by atoms with Crippen LogP contribution in [0, 0.1) is 0 Å². The number of hydrogen-bond donors (Lipinski definition) is 0. The number of nitrogens with zero attached hydrogens (tertiary/aromatic N) is 5. The van der Waals surface area contributed by atoms with Gasteiger partial charge in [-0.2, -0.15) is 4.37 Å². The van der Waals surface area contributed by atoms with Crippen molar-refractivity contribution in [2.24, 2.45) is 0 Å². The molecule has 4 rings (SSSR count). The van der Waals surface area contributed by atoms with Crippen molar-refractivity contribution in [3.63, 3.8) is 0 Å². The molecule has 2 heterocycles. The van der Waals surface area contributed by atoms with Crippen LogP contribution in [0.15, 0.2) is 47.6 Å².